The van der Waals surface area contributed by atoms with Crippen LogP contribution in [-0.2, 0) is 0 Å². The predicted octanol–water partition coefficient (Wildman–Crippen LogP) is 5.05. The number of benzene rings is 3. The summed E-state index contributed by atoms with van der Waals surface area (Å²) in [6, 6.07) is 16.0. The Morgan fingerprint density at radius 1 is 0.800 bits per heavy atom. The summed E-state index contributed by atoms with van der Waals surface area (Å²) in [5, 5.41) is 33.9. The van der Waals surface area contributed by atoms with E-state index in [2.05, 4.69) is 0 Å². The van der Waals surface area contributed by atoms with Crippen molar-refractivity contribution in [1.82, 2.24) is 0 Å². The zero-order valence-corrected chi connectivity index (χ0v) is 18.4. The largest absolute Gasteiger partial charge is 0.507 e. The van der Waals surface area contributed by atoms with Gasteiger partial charge in [-0.2, -0.15) is 0 Å². The molecular weight excluding hydrogens is 478 g/mol. The zero-order chi connectivity index (χ0) is 24.9. The molecule has 0 saturated carbocycles. The Morgan fingerprint density at radius 3 is 1.77 bits per heavy atom. The van der Waals surface area contributed by atoms with Gasteiger partial charge in [0.1, 0.15) is 27.7 Å². The van der Waals surface area contributed by atoms with E-state index in [-0.39, 0.29) is 32.5 Å². The molecule has 0 aliphatic rings. The molecule has 0 unspecified atom stereocenters. The van der Waals surface area contributed by atoms with Crippen LogP contribution in [0.15, 0.2) is 85.2 Å². The van der Waals surface area contributed by atoms with Gasteiger partial charge < -0.3 is 19.0 Å². The van der Waals surface area contributed by atoms with E-state index in [1.165, 1.54) is 36.4 Å². The minimum atomic E-state index is -1.49. The number of hydrogen-bond donors (Lipinski definition) is 2. The van der Waals surface area contributed by atoms with Crippen molar-refractivity contribution in [2.75, 3.05) is 0 Å². The number of para-hydroxylation sites is 2. The molecule has 35 heavy (non-hydrogen) atoms. The molecule has 3 aromatic carbocycles. The first kappa shape index (κ1) is 22.2. The van der Waals surface area contributed by atoms with Gasteiger partial charge in [-0.05, 0) is 35.9 Å². The van der Waals surface area contributed by atoms with Crippen molar-refractivity contribution < 1.29 is 24.0 Å². The summed E-state index contributed by atoms with van der Waals surface area (Å²) in [5.41, 5.74) is -3.10. The number of nitro groups is 1. The van der Waals surface area contributed by atoms with Crippen molar-refractivity contribution in [3.63, 3.8) is 0 Å². The van der Waals surface area contributed by atoms with E-state index in [9.17, 15) is 29.9 Å². The summed E-state index contributed by atoms with van der Waals surface area (Å²) < 4.78 is 10.8. The van der Waals surface area contributed by atoms with Crippen LogP contribution >= 0.6 is 11.6 Å². The number of hydrogen-bond acceptors (Lipinski definition) is 8. The number of halogens is 1. The lowest BCUT2D eigenvalue weighted by Crippen LogP contribution is -2.21. The van der Waals surface area contributed by atoms with Gasteiger partial charge >= 0.3 is 11.3 Å². The van der Waals surface area contributed by atoms with Gasteiger partial charge in [0.25, 0.3) is 5.69 Å². The van der Waals surface area contributed by atoms with Gasteiger partial charge in [0.2, 0.25) is 0 Å². The van der Waals surface area contributed by atoms with Gasteiger partial charge in [0, 0.05) is 6.07 Å². The topological polar surface area (TPSA) is 144 Å². The van der Waals surface area contributed by atoms with E-state index in [1.807, 2.05) is 0 Å². The lowest BCUT2D eigenvalue weighted by atomic mass is 9.84. The van der Waals surface area contributed by atoms with Crippen LogP contribution in [0.25, 0.3) is 21.9 Å². The summed E-state index contributed by atoms with van der Waals surface area (Å²) in [6.45, 7) is 0. The standard InChI is InChI=1S/C25H14ClNO8/c26-15-10-9-12(11-16(15)27(32)33)19(20-22(28)13-5-1-3-7-17(13)34-24(20)30)21-23(29)14-6-2-4-8-18(14)35-25(21)31/h1-11,19,28-29H. The minimum Gasteiger partial charge on any atom is -0.507 e. The van der Waals surface area contributed by atoms with Crippen LogP contribution in [0.4, 0.5) is 5.69 Å². The number of fused-ring (bicyclic) bond motifs is 2. The highest BCUT2D eigenvalue weighted by atomic mass is 35.5. The van der Waals surface area contributed by atoms with Crippen LogP contribution in [0.5, 0.6) is 11.5 Å². The molecule has 5 rings (SSSR count). The Kier molecular flexibility index (Phi) is 5.26. The van der Waals surface area contributed by atoms with Crippen molar-refractivity contribution in [2.45, 2.75) is 5.92 Å². The molecular formula is C25H14ClNO8. The fourth-order valence-electron chi connectivity index (χ4n) is 4.13. The Bertz CT molecular complexity index is 1670. The number of rotatable bonds is 4. The van der Waals surface area contributed by atoms with Crippen molar-refractivity contribution in [3.8, 4) is 11.5 Å². The molecule has 2 heterocycles. The molecule has 0 saturated heterocycles. The van der Waals surface area contributed by atoms with Crippen LogP contribution in [0, 0.1) is 10.1 Å². The SMILES string of the molecule is O=c1oc2ccccc2c(O)c1C(c1ccc(Cl)c([N+](=O)[O-])c1)c1c(O)c2ccccc2oc1=O. The summed E-state index contributed by atoms with van der Waals surface area (Å²) in [6.07, 6.45) is 0. The minimum absolute atomic E-state index is 0.0249. The molecule has 0 amide bonds. The maximum absolute atomic E-state index is 13.1. The van der Waals surface area contributed by atoms with E-state index < -0.39 is 50.4 Å². The third kappa shape index (κ3) is 3.58. The molecule has 174 valence electrons. The van der Waals surface area contributed by atoms with E-state index in [0.29, 0.717) is 0 Å². The average molecular weight is 492 g/mol. The molecule has 0 aliphatic heterocycles. The highest BCUT2D eigenvalue weighted by molar-refractivity contribution is 6.32. The highest BCUT2D eigenvalue weighted by Crippen LogP contribution is 2.43. The Labute approximate surface area is 200 Å². The number of aromatic hydroxyl groups is 2. The first-order valence-corrected chi connectivity index (χ1v) is 10.6. The van der Waals surface area contributed by atoms with Gasteiger partial charge in [0.05, 0.1) is 32.7 Å². The maximum Gasteiger partial charge on any atom is 0.344 e. The Hall–Kier alpha value is -4.63. The lowest BCUT2D eigenvalue weighted by molar-refractivity contribution is -0.384. The van der Waals surface area contributed by atoms with Gasteiger partial charge in [-0.15, -0.1) is 0 Å². The molecule has 10 heteroatoms. The molecule has 9 nitrogen and oxygen atoms in total. The fourth-order valence-corrected chi connectivity index (χ4v) is 4.32. The van der Waals surface area contributed by atoms with Crippen molar-refractivity contribution in [1.29, 1.82) is 0 Å². The summed E-state index contributed by atoms with van der Waals surface area (Å²) >= 11 is 5.97. The molecule has 5 aromatic rings. The Morgan fingerprint density at radius 2 is 1.29 bits per heavy atom. The molecule has 0 bridgehead atoms. The third-order valence-corrected chi connectivity index (χ3v) is 6.04. The highest BCUT2D eigenvalue weighted by Gasteiger charge is 2.33. The van der Waals surface area contributed by atoms with Gasteiger partial charge in [-0.25, -0.2) is 9.59 Å². The fraction of sp³-hybridized carbons (Fsp3) is 0.0400. The second-order valence-electron chi connectivity index (χ2n) is 7.70. The Balaban J connectivity index is 1.93. The molecule has 0 radical (unpaired) electrons. The molecule has 0 atom stereocenters. The van der Waals surface area contributed by atoms with Gasteiger partial charge in [0.15, 0.2) is 0 Å². The molecule has 0 aliphatic carbocycles. The first-order valence-electron chi connectivity index (χ1n) is 10.2. The quantitative estimate of drug-likeness (QED) is 0.202. The third-order valence-electron chi connectivity index (χ3n) is 5.72. The van der Waals surface area contributed by atoms with Crippen LogP contribution in [0.1, 0.15) is 22.6 Å². The van der Waals surface area contributed by atoms with Gasteiger partial charge in [-0.3, -0.25) is 10.1 Å². The van der Waals surface area contributed by atoms with Crippen LogP contribution in [-0.4, -0.2) is 15.1 Å². The summed E-state index contributed by atoms with van der Waals surface area (Å²) in [5.74, 6) is -2.51. The molecule has 2 aromatic heterocycles. The van der Waals surface area contributed by atoms with Crippen LogP contribution < -0.4 is 11.3 Å². The number of nitro benzene ring substituents is 1. The van der Waals surface area contributed by atoms with E-state index in [1.54, 1.807) is 24.3 Å². The molecule has 0 spiro atoms. The molecule has 2 N–H and O–H groups in total. The lowest BCUT2D eigenvalue weighted by Gasteiger charge is -2.19. The number of nitrogens with zero attached hydrogens (tertiary/aromatic N) is 1. The van der Waals surface area contributed by atoms with E-state index in [4.69, 9.17) is 20.4 Å². The predicted molar refractivity (Wildman–Crippen MR) is 127 cm³/mol. The van der Waals surface area contributed by atoms with Crippen LogP contribution in [0.3, 0.4) is 0 Å². The normalized spacial score (nSPS) is 11.4. The van der Waals surface area contributed by atoms with Crippen molar-refractivity contribution >= 4 is 39.2 Å². The van der Waals surface area contributed by atoms with E-state index in [0.717, 1.165) is 6.07 Å². The molecule has 0 fully saturated rings. The average Bonchev–Trinajstić information content (AvgIpc) is 2.83. The van der Waals surface area contributed by atoms with Crippen LogP contribution in [0.2, 0.25) is 5.02 Å². The summed E-state index contributed by atoms with van der Waals surface area (Å²) in [7, 11) is 0. The summed E-state index contributed by atoms with van der Waals surface area (Å²) in [4.78, 5) is 37.0. The first-order chi connectivity index (χ1) is 16.8. The second-order valence-corrected chi connectivity index (χ2v) is 8.10. The second kappa shape index (κ2) is 8.30. The van der Waals surface area contributed by atoms with Gasteiger partial charge in [-0.1, -0.05) is 41.9 Å². The smallest absolute Gasteiger partial charge is 0.344 e. The van der Waals surface area contributed by atoms with Crippen molar-refractivity contribution in [2.24, 2.45) is 0 Å². The zero-order valence-electron chi connectivity index (χ0n) is 17.6. The monoisotopic (exact) mass is 491 g/mol. The van der Waals surface area contributed by atoms with E-state index >= 15 is 0 Å². The van der Waals surface area contributed by atoms with Crippen molar-refractivity contribution in [3.05, 3.63) is 119 Å². The maximum atomic E-state index is 13.1.